The van der Waals surface area contributed by atoms with Gasteiger partial charge in [0.2, 0.25) is 0 Å². The van der Waals surface area contributed by atoms with Gasteiger partial charge in [0.15, 0.2) is 0 Å². The van der Waals surface area contributed by atoms with Crippen molar-refractivity contribution in [3.05, 3.63) is 28.3 Å². The molecular weight excluding hydrogens is 257 g/mol. The normalized spacial score (nSPS) is 12.7. The smallest absolute Gasteiger partial charge is 0.420 e. The lowest BCUT2D eigenvalue weighted by Crippen LogP contribution is -2.19. The van der Waals surface area contributed by atoms with E-state index in [2.05, 4.69) is 0 Å². The summed E-state index contributed by atoms with van der Waals surface area (Å²) in [5.41, 5.74) is -2.47. The van der Waals surface area contributed by atoms with Crippen LogP contribution in [-0.4, -0.2) is 12.2 Å². The molecule has 0 spiro atoms. The van der Waals surface area contributed by atoms with Gasteiger partial charge in [0, 0.05) is 10.6 Å². The average Bonchev–Trinajstić information content (AvgIpc) is 2.13. The summed E-state index contributed by atoms with van der Waals surface area (Å²) in [5.74, 6) is -0.408. The molecule has 0 amide bonds. The van der Waals surface area contributed by atoms with E-state index < -0.39 is 23.1 Å². The van der Waals surface area contributed by atoms with Gasteiger partial charge in [-0.25, -0.2) is 0 Å². The Labute approximate surface area is 102 Å². The highest BCUT2D eigenvalue weighted by Gasteiger charge is 2.37. The maximum absolute atomic E-state index is 12.8. The van der Waals surface area contributed by atoms with Crippen LogP contribution >= 0.6 is 11.6 Å². The van der Waals surface area contributed by atoms with Crippen LogP contribution in [-0.2, 0) is 11.8 Å². The van der Waals surface area contributed by atoms with Crippen molar-refractivity contribution in [3.63, 3.8) is 0 Å². The number of alkyl halides is 3. The van der Waals surface area contributed by atoms with E-state index in [-0.39, 0.29) is 10.6 Å². The molecule has 17 heavy (non-hydrogen) atoms. The predicted octanol–water partition coefficient (Wildman–Crippen LogP) is 3.59. The Morgan fingerprint density at radius 3 is 2.00 bits per heavy atom. The second kappa shape index (κ2) is 4.38. The van der Waals surface area contributed by atoms with Gasteiger partial charge in [-0.2, -0.15) is 13.2 Å². The van der Waals surface area contributed by atoms with Crippen LogP contribution in [0.2, 0.25) is 5.02 Å². The Balaban J connectivity index is 3.58. The van der Waals surface area contributed by atoms with Crippen LogP contribution in [0, 0.1) is 0 Å². The van der Waals surface area contributed by atoms with Crippen molar-refractivity contribution in [1.82, 2.24) is 0 Å². The Bertz CT molecular complexity index is 387. The molecule has 0 radical (unpaired) electrons. The van der Waals surface area contributed by atoms with E-state index in [1.54, 1.807) is 0 Å². The van der Waals surface area contributed by atoms with Crippen molar-refractivity contribution in [1.29, 1.82) is 0 Å². The van der Waals surface area contributed by atoms with Gasteiger partial charge in [-0.1, -0.05) is 11.6 Å². The van der Waals surface area contributed by atoms with Gasteiger partial charge >= 0.3 is 6.18 Å². The zero-order valence-electron chi connectivity index (χ0n) is 9.52. The molecule has 6 heteroatoms. The zero-order chi connectivity index (χ0) is 13.4. The van der Waals surface area contributed by atoms with Gasteiger partial charge in [0.25, 0.3) is 0 Å². The Morgan fingerprint density at radius 2 is 1.65 bits per heavy atom. The Kier molecular flexibility index (Phi) is 3.64. The quantitative estimate of drug-likeness (QED) is 0.888. The molecule has 0 aromatic heterocycles. The van der Waals surface area contributed by atoms with Crippen LogP contribution in [0.4, 0.5) is 13.2 Å². The molecule has 0 aliphatic heterocycles. The summed E-state index contributed by atoms with van der Waals surface area (Å²) >= 11 is 5.62. The lowest BCUT2D eigenvalue weighted by Gasteiger charge is -2.24. The highest BCUT2D eigenvalue weighted by molar-refractivity contribution is 6.30. The molecule has 2 nitrogen and oxygen atoms in total. The third-order valence-corrected chi connectivity index (χ3v) is 2.44. The standard InChI is InChI=1S/C11H12ClF3O2/c1-10(2,16)7-4-6(12)5-8(9(7)17-3)11(13,14)15/h4-5,16H,1-3H3. The predicted molar refractivity (Wildman–Crippen MR) is 58.3 cm³/mol. The van der Waals surface area contributed by atoms with Crippen molar-refractivity contribution >= 4 is 11.6 Å². The average molecular weight is 269 g/mol. The van der Waals surface area contributed by atoms with Gasteiger partial charge in [0.05, 0.1) is 18.3 Å². The largest absolute Gasteiger partial charge is 0.496 e. The van der Waals surface area contributed by atoms with Crippen molar-refractivity contribution in [3.8, 4) is 5.75 Å². The summed E-state index contributed by atoms with van der Waals surface area (Å²) in [6.07, 6.45) is -4.59. The molecule has 0 aliphatic carbocycles. The molecule has 0 saturated carbocycles. The third-order valence-electron chi connectivity index (χ3n) is 2.22. The minimum Gasteiger partial charge on any atom is -0.496 e. The maximum Gasteiger partial charge on any atom is 0.420 e. The molecular formula is C11H12ClF3O2. The molecule has 0 saturated heterocycles. The molecule has 1 aromatic rings. The van der Waals surface area contributed by atoms with Crippen molar-refractivity contribution in [2.75, 3.05) is 7.11 Å². The molecule has 0 heterocycles. The SMILES string of the molecule is COc1c(C(C)(C)O)cc(Cl)cc1C(F)(F)F. The lowest BCUT2D eigenvalue weighted by molar-refractivity contribution is -0.139. The van der Waals surface area contributed by atoms with Crippen molar-refractivity contribution in [2.24, 2.45) is 0 Å². The summed E-state index contributed by atoms with van der Waals surface area (Å²) in [6.45, 7) is 2.72. The fourth-order valence-electron chi connectivity index (χ4n) is 1.48. The van der Waals surface area contributed by atoms with Gasteiger partial charge < -0.3 is 9.84 Å². The van der Waals surface area contributed by atoms with Crippen LogP contribution in [0.25, 0.3) is 0 Å². The van der Waals surface area contributed by atoms with E-state index in [1.165, 1.54) is 19.9 Å². The molecule has 0 fully saturated rings. The van der Waals surface area contributed by atoms with Crippen LogP contribution in [0.1, 0.15) is 25.0 Å². The summed E-state index contributed by atoms with van der Waals surface area (Å²) in [7, 11) is 1.12. The number of ether oxygens (including phenoxy) is 1. The molecule has 96 valence electrons. The minimum absolute atomic E-state index is 0.000162. The van der Waals surface area contributed by atoms with E-state index in [0.717, 1.165) is 13.2 Å². The van der Waals surface area contributed by atoms with Crippen LogP contribution in [0.3, 0.4) is 0 Å². The van der Waals surface area contributed by atoms with E-state index in [0.29, 0.717) is 0 Å². The molecule has 0 atom stereocenters. The molecule has 0 bridgehead atoms. The molecule has 1 rings (SSSR count). The first-order valence-corrected chi connectivity index (χ1v) is 5.12. The first-order chi connectivity index (χ1) is 7.57. The van der Waals surface area contributed by atoms with Gasteiger partial charge in [-0.15, -0.1) is 0 Å². The van der Waals surface area contributed by atoms with Crippen LogP contribution in [0.15, 0.2) is 12.1 Å². The molecule has 0 aliphatic rings. The van der Waals surface area contributed by atoms with Crippen LogP contribution in [0.5, 0.6) is 5.75 Å². The lowest BCUT2D eigenvalue weighted by atomic mass is 9.94. The number of methoxy groups -OCH3 is 1. The first-order valence-electron chi connectivity index (χ1n) is 4.75. The van der Waals surface area contributed by atoms with E-state index in [9.17, 15) is 18.3 Å². The fraction of sp³-hybridized carbons (Fsp3) is 0.455. The number of aliphatic hydroxyl groups is 1. The number of hydrogen-bond acceptors (Lipinski definition) is 2. The zero-order valence-corrected chi connectivity index (χ0v) is 10.3. The monoisotopic (exact) mass is 268 g/mol. The summed E-state index contributed by atoms with van der Waals surface area (Å²) in [6, 6.07) is 2.03. The van der Waals surface area contributed by atoms with E-state index in [4.69, 9.17) is 16.3 Å². The molecule has 1 N–H and O–H groups in total. The second-order valence-electron chi connectivity index (χ2n) is 4.09. The first kappa shape index (κ1) is 14.1. The summed E-state index contributed by atoms with van der Waals surface area (Å²) < 4.78 is 43.0. The fourth-order valence-corrected chi connectivity index (χ4v) is 1.70. The van der Waals surface area contributed by atoms with E-state index >= 15 is 0 Å². The third kappa shape index (κ3) is 3.04. The number of benzene rings is 1. The van der Waals surface area contributed by atoms with E-state index in [1.807, 2.05) is 0 Å². The highest BCUT2D eigenvalue weighted by Crippen LogP contribution is 2.43. The minimum atomic E-state index is -4.59. The molecule has 1 aromatic carbocycles. The van der Waals surface area contributed by atoms with Crippen LogP contribution < -0.4 is 4.74 Å². The number of halogens is 4. The Morgan fingerprint density at radius 1 is 1.18 bits per heavy atom. The van der Waals surface area contributed by atoms with Crippen molar-refractivity contribution in [2.45, 2.75) is 25.6 Å². The highest BCUT2D eigenvalue weighted by atomic mass is 35.5. The Hall–Kier alpha value is -0.940. The number of rotatable bonds is 2. The molecule has 0 unspecified atom stereocenters. The van der Waals surface area contributed by atoms with Gasteiger partial charge in [0.1, 0.15) is 5.75 Å². The maximum atomic E-state index is 12.8. The van der Waals surface area contributed by atoms with Gasteiger partial charge in [-0.3, -0.25) is 0 Å². The summed E-state index contributed by atoms with van der Waals surface area (Å²) in [4.78, 5) is 0. The van der Waals surface area contributed by atoms with Gasteiger partial charge in [-0.05, 0) is 26.0 Å². The second-order valence-corrected chi connectivity index (χ2v) is 4.53. The summed E-state index contributed by atoms with van der Waals surface area (Å²) in [5, 5.41) is 9.71. The van der Waals surface area contributed by atoms with Crippen molar-refractivity contribution < 1.29 is 23.0 Å². The number of hydrogen-bond donors (Lipinski definition) is 1. The topological polar surface area (TPSA) is 29.5 Å².